The summed E-state index contributed by atoms with van der Waals surface area (Å²) in [5.74, 6) is -1.48. The van der Waals surface area contributed by atoms with Crippen LogP contribution in [0.2, 0.25) is 0 Å². The summed E-state index contributed by atoms with van der Waals surface area (Å²) in [6.45, 7) is 3.61. The molecule has 0 atom stereocenters. The first-order chi connectivity index (χ1) is 9.06. The Morgan fingerprint density at radius 1 is 0.895 bits per heavy atom. The minimum absolute atomic E-state index is 0.346. The fourth-order valence-corrected chi connectivity index (χ4v) is 3.19. The zero-order valence-corrected chi connectivity index (χ0v) is 11.4. The molecule has 0 bridgehead atoms. The van der Waals surface area contributed by atoms with Gasteiger partial charge in [-0.1, -0.05) is 29.8 Å². The minimum atomic E-state index is -0.746. The molecule has 0 aliphatic rings. The van der Waals surface area contributed by atoms with E-state index < -0.39 is 11.6 Å². The Labute approximate surface area is 114 Å². The normalized spacial score (nSPS) is 11.2. The first kappa shape index (κ1) is 12.3. The number of fused-ring (bicyclic) bond motifs is 1. The number of hydrogen-bond donors (Lipinski definition) is 0. The van der Waals surface area contributed by atoms with Crippen LogP contribution >= 0.6 is 11.3 Å². The average molecular weight is 274 g/mol. The molecule has 0 fully saturated rings. The maximum Gasteiger partial charge on any atom is 0.176 e. The second-order valence-corrected chi connectivity index (χ2v) is 5.77. The van der Waals surface area contributed by atoms with Gasteiger partial charge in [0.2, 0.25) is 0 Å². The second kappa shape index (κ2) is 4.42. The number of halogens is 2. The molecular formula is C16H12F2S. The largest absolute Gasteiger partial charge is 0.203 e. The molecule has 96 valence electrons. The summed E-state index contributed by atoms with van der Waals surface area (Å²) in [6.07, 6.45) is 0. The Hall–Kier alpha value is -1.74. The van der Waals surface area contributed by atoms with E-state index in [9.17, 15) is 8.78 Å². The van der Waals surface area contributed by atoms with E-state index in [4.69, 9.17) is 0 Å². The van der Waals surface area contributed by atoms with Gasteiger partial charge in [-0.25, -0.2) is 8.78 Å². The van der Waals surface area contributed by atoms with Crippen LogP contribution < -0.4 is 0 Å². The molecule has 0 unspecified atom stereocenters. The summed E-state index contributed by atoms with van der Waals surface area (Å²) in [5.41, 5.74) is 2.56. The van der Waals surface area contributed by atoms with Crippen molar-refractivity contribution in [2.45, 2.75) is 13.8 Å². The van der Waals surface area contributed by atoms with Crippen LogP contribution in [0.25, 0.3) is 20.5 Å². The number of rotatable bonds is 1. The van der Waals surface area contributed by atoms with Gasteiger partial charge in [0, 0.05) is 4.88 Å². The maximum absolute atomic E-state index is 13.9. The molecule has 3 aromatic rings. The SMILES string of the molecule is Cc1ccc(-c2cc3cc(C)c(F)c(F)c3s2)cc1. The van der Waals surface area contributed by atoms with Crippen molar-refractivity contribution in [2.75, 3.05) is 0 Å². The van der Waals surface area contributed by atoms with E-state index in [2.05, 4.69) is 0 Å². The highest BCUT2D eigenvalue weighted by Gasteiger charge is 2.14. The molecule has 0 nitrogen and oxygen atoms in total. The van der Waals surface area contributed by atoms with Gasteiger partial charge in [0.15, 0.2) is 11.6 Å². The van der Waals surface area contributed by atoms with Gasteiger partial charge in [0.1, 0.15) is 0 Å². The van der Waals surface area contributed by atoms with Gasteiger partial charge in [-0.2, -0.15) is 0 Å². The van der Waals surface area contributed by atoms with Crippen molar-refractivity contribution in [3.05, 3.63) is 59.2 Å². The lowest BCUT2D eigenvalue weighted by Crippen LogP contribution is -1.87. The van der Waals surface area contributed by atoms with Gasteiger partial charge in [-0.3, -0.25) is 0 Å². The quantitative estimate of drug-likeness (QED) is 0.552. The standard InChI is InChI=1S/C16H12F2S/c1-9-3-5-11(6-4-9)13-8-12-7-10(2)14(17)15(18)16(12)19-13/h3-8H,1-2H3. The third-order valence-corrected chi connectivity index (χ3v) is 4.40. The third-order valence-electron chi connectivity index (χ3n) is 3.21. The zero-order chi connectivity index (χ0) is 13.6. The number of thiophene rings is 1. The van der Waals surface area contributed by atoms with Gasteiger partial charge >= 0.3 is 0 Å². The minimum Gasteiger partial charge on any atom is -0.203 e. The molecule has 1 heterocycles. The number of aryl methyl sites for hydroxylation is 2. The second-order valence-electron chi connectivity index (χ2n) is 4.72. The van der Waals surface area contributed by atoms with Gasteiger partial charge in [-0.05, 0) is 42.5 Å². The predicted molar refractivity (Wildman–Crippen MR) is 76.7 cm³/mol. The molecule has 0 saturated heterocycles. The molecule has 0 N–H and O–H groups in total. The Bertz CT molecular complexity index is 755. The lowest BCUT2D eigenvalue weighted by molar-refractivity contribution is 0.512. The van der Waals surface area contributed by atoms with E-state index in [1.165, 1.54) is 16.9 Å². The maximum atomic E-state index is 13.9. The Morgan fingerprint density at radius 2 is 1.58 bits per heavy atom. The Balaban J connectivity index is 2.22. The molecule has 1 aromatic heterocycles. The van der Waals surface area contributed by atoms with Crippen LogP contribution in [0.15, 0.2) is 36.4 Å². The summed E-state index contributed by atoms with van der Waals surface area (Å²) >= 11 is 1.29. The summed E-state index contributed by atoms with van der Waals surface area (Å²) in [5, 5.41) is 0.761. The van der Waals surface area contributed by atoms with Crippen molar-refractivity contribution in [2.24, 2.45) is 0 Å². The van der Waals surface area contributed by atoms with Crippen LogP contribution in [0.1, 0.15) is 11.1 Å². The van der Waals surface area contributed by atoms with Crippen LogP contribution in [-0.2, 0) is 0 Å². The molecule has 0 spiro atoms. The van der Waals surface area contributed by atoms with Gasteiger partial charge in [-0.15, -0.1) is 11.3 Å². The highest BCUT2D eigenvalue weighted by molar-refractivity contribution is 7.22. The van der Waals surface area contributed by atoms with Crippen molar-refractivity contribution in [1.82, 2.24) is 0 Å². The topological polar surface area (TPSA) is 0 Å². The van der Waals surface area contributed by atoms with E-state index in [0.29, 0.717) is 10.3 Å². The van der Waals surface area contributed by atoms with Crippen LogP contribution in [0, 0.1) is 25.5 Å². The average Bonchev–Trinajstić information content (AvgIpc) is 2.81. The smallest absolute Gasteiger partial charge is 0.176 e. The lowest BCUT2D eigenvalue weighted by atomic mass is 10.1. The zero-order valence-electron chi connectivity index (χ0n) is 10.6. The highest BCUT2D eigenvalue weighted by atomic mass is 32.1. The Kier molecular flexibility index (Phi) is 2.86. The summed E-state index contributed by atoms with van der Waals surface area (Å²) in [4.78, 5) is 0.957. The first-order valence-electron chi connectivity index (χ1n) is 6.01. The van der Waals surface area contributed by atoms with Crippen LogP contribution in [0.3, 0.4) is 0 Å². The van der Waals surface area contributed by atoms with E-state index in [1.807, 2.05) is 37.3 Å². The molecule has 0 saturated carbocycles. The molecular weight excluding hydrogens is 262 g/mol. The lowest BCUT2D eigenvalue weighted by Gasteiger charge is -1.98. The summed E-state index contributed by atoms with van der Waals surface area (Å²) in [7, 11) is 0. The van der Waals surface area contributed by atoms with Gasteiger partial charge in [0.25, 0.3) is 0 Å². The molecule has 0 radical (unpaired) electrons. The first-order valence-corrected chi connectivity index (χ1v) is 6.83. The van der Waals surface area contributed by atoms with E-state index in [1.54, 1.807) is 13.0 Å². The summed E-state index contributed by atoms with van der Waals surface area (Å²) in [6, 6.07) is 11.6. The molecule has 0 aliphatic carbocycles. The monoisotopic (exact) mass is 274 g/mol. The fraction of sp³-hybridized carbons (Fsp3) is 0.125. The van der Waals surface area contributed by atoms with Crippen LogP contribution in [0.4, 0.5) is 8.78 Å². The molecule has 19 heavy (non-hydrogen) atoms. The third kappa shape index (κ3) is 2.04. The molecule has 0 amide bonds. The van der Waals surface area contributed by atoms with E-state index in [-0.39, 0.29) is 0 Å². The molecule has 0 aliphatic heterocycles. The molecule has 3 heteroatoms. The van der Waals surface area contributed by atoms with Gasteiger partial charge in [0.05, 0.1) is 4.70 Å². The summed E-state index contributed by atoms with van der Waals surface area (Å²) < 4.78 is 27.8. The molecule has 3 rings (SSSR count). The number of benzene rings is 2. The van der Waals surface area contributed by atoms with Crippen molar-refractivity contribution < 1.29 is 8.78 Å². The fourth-order valence-electron chi connectivity index (χ4n) is 2.11. The van der Waals surface area contributed by atoms with Crippen LogP contribution in [-0.4, -0.2) is 0 Å². The van der Waals surface area contributed by atoms with E-state index in [0.717, 1.165) is 15.8 Å². The highest BCUT2D eigenvalue weighted by Crippen LogP contribution is 2.36. The van der Waals surface area contributed by atoms with Crippen molar-refractivity contribution in [1.29, 1.82) is 0 Å². The van der Waals surface area contributed by atoms with Crippen molar-refractivity contribution in [3.8, 4) is 10.4 Å². The Morgan fingerprint density at radius 3 is 2.26 bits per heavy atom. The molecule has 2 aromatic carbocycles. The van der Waals surface area contributed by atoms with Crippen LogP contribution in [0.5, 0.6) is 0 Å². The van der Waals surface area contributed by atoms with Gasteiger partial charge < -0.3 is 0 Å². The van der Waals surface area contributed by atoms with Crippen molar-refractivity contribution >= 4 is 21.4 Å². The van der Waals surface area contributed by atoms with E-state index >= 15 is 0 Å². The van der Waals surface area contributed by atoms with Crippen molar-refractivity contribution in [3.63, 3.8) is 0 Å². The number of hydrogen-bond acceptors (Lipinski definition) is 1. The predicted octanol–water partition coefficient (Wildman–Crippen LogP) is 5.46.